The van der Waals surface area contributed by atoms with Gasteiger partial charge in [-0.1, -0.05) is 6.07 Å². The molecule has 1 saturated heterocycles. The summed E-state index contributed by atoms with van der Waals surface area (Å²) in [5.41, 5.74) is 8.05. The monoisotopic (exact) mass is 552 g/mol. The van der Waals surface area contributed by atoms with Crippen LogP contribution in [0.25, 0.3) is 22.2 Å². The number of nitrogens with one attached hydrogen (secondary N) is 1. The molecule has 2 aliphatic rings. The minimum absolute atomic E-state index is 0.107. The number of aromatic amines is 1. The van der Waals surface area contributed by atoms with Crippen molar-refractivity contribution in [2.45, 2.75) is 72.1 Å². The molecule has 5 heterocycles. The second-order valence-corrected chi connectivity index (χ2v) is 12.1. The number of pyridine rings is 1. The molecule has 9 heteroatoms. The summed E-state index contributed by atoms with van der Waals surface area (Å²) < 4.78 is 5.81. The molecule has 41 heavy (non-hydrogen) atoms. The molecule has 3 aromatic heterocycles. The quantitative estimate of drug-likeness (QED) is 0.339. The summed E-state index contributed by atoms with van der Waals surface area (Å²) in [6, 6.07) is 8.19. The van der Waals surface area contributed by atoms with Crippen LogP contribution in [0.5, 0.6) is 0 Å². The van der Waals surface area contributed by atoms with Crippen LogP contribution in [-0.4, -0.2) is 60.4 Å². The second kappa shape index (κ2) is 10.3. The highest BCUT2D eigenvalue weighted by atomic mass is 16.6. The zero-order chi connectivity index (χ0) is 28.9. The molecular weight excluding hydrogens is 516 g/mol. The van der Waals surface area contributed by atoms with Gasteiger partial charge in [-0.05, 0) is 99.9 Å². The summed E-state index contributed by atoms with van der Waals surface area (Å²) >= 11 is 0. The molecule has 0 spiro atoms. The van der Waals surface area contributed by atoms with E-state index in [1.807, 2.05) is 49.9 Å². The molecule has 6 rings (SSSR count). The predicted octanol–water partition coefficient (Wildman–Crippen LogP) is 5.91. The van der Waals surface area contributed by atoms with Crippen LogP contribution >= 0.6 is 0 Å². The summed E-state index contributed by atoms with van der Waals surface area (Å²) in [4.78, 5) is 46.8. The molecular formula is C32H36N6O3. The topological polar surface area (TPSA) is 104 Å². The summed E-state index contributed by atoms with van der Waals surface area (Å²) in [6.07, 6.45) is 7.45. The van der Waals surface area contributed by atoms with E-state index in [1.54, 1.807) is 6.07 Å². The van der Waals surface area contributed by atoms with Crippen molar-refractivity contribution < 1.29 is 14.3 Å². The third kappa shape index (κ3) is 5.28. The molecule has 0 radical (unpaired) electrons. The highest BCUT2D eigenvalue weighted by molar-refractivity contribution is 5.92. The SMILES string of the molecule is Cc1cc(C(=O)N2CCc3cc(-c4cnc5[nH]cc(C)c5c4)cc([C@@H]4CCCN4C(=O)OC(C)(C)C)c3C2)ncn1. The van der Waals surface area contributed by atoms with Gasteiger partial charge < -0.3 is 19.5 Å². The number of fused-ring (bicyclic) bond motifs is 2. The first kappa shape index (κ1) is 26.9. The standard InChI is InChI=1S/C32H36N6O3/c1-19-15-33-29-24(19)14-23(16-34-29)22-12-21-8-10-37(30(39)27-11-20(2)35-18-36-27)17-26(21)25(13-22)28-7-6-9-38(28)31(40)41-32(3,4)5/h11-16,18,28H,6-10,17H2,1-5H3,(H,33,34)/t28-/m0/s1. The maximum Gasteiger partial charge on any atom is 0.410 e. The highest BCUT2D eigenvalue weighted by Crippen LogP contribution is 2.40. The van der Waals surface area contributed by atoms with Gasteiger partial charge >= 0.3 is 6.09 Å². The molecule has 2 amide bonds. The summed E-state index contributed by atoms with van der Waals surface area (Å²) in [7, 11) is 0. The summed E-state index contributed by atoms with van der Waals surface area (Å²) in [6.45, 7) is 11.3. The Morgan fingerprint density at radius 2 is 1.85 bits per heavy atom. The van der Waals surface area contributed by atoms with Crippen molar-refractivity contribution in [3.63, 3.8) is 0 Å². The maximum atomic E-state index is 13.5. The van der Waals surface area contributed by atoms with Crippen molar-refractivity contribution in [1.29, 1.82) is 0 Å². The van der Waals surface area contributed by atoms with Crippen molar-refractivity contribution in [2.75, 3.05) is 13.1 Å². The zero-order valence-electron chi connectivity index (χ0n) is 24.3. The average Bonchev–Trinajstić information content (AvgIpc) is 3.58. The fourth-order valence-corrected chi connectivity index (χ4v) is 5.99. The van der Waals surface area contributed by atoms with Crippen LogP contribution in [0.1, 0.15) is 78.1 Å². The Bertz CT molecular complexity index is 1650. The number of rotatable bonds is 3. The third-order valence-corrected chi connectivity index (χ3v) is 8.00. The lowest BCUT2D eigenvalue weighted by molar-refractivity contribution is 0.0222. The normalized spacial score (nSPS) is 17.1. The van der Waals surface area contributed by atoms with Crippen LogP contribution in [0, 0.1) is 13.8 Å². The lowest BCUT2D eigenvalue weighted by Gasteiger charge is -2.34. The van der Waals surface area contributed by atoms with E-state index < -0.39 is 5.60 Å². The Morgan fingerprint density at radius 1 is 1.02 bits per heavy atom. The molecule has 1 N–H and O–H groups in total. The number of nitrogens with zero attached hydrogens (tertiary/aromatic N) is 5. The molecule has 1 aromatic carbocycles. The third-order valence-electron chi connectivity index (χ3n) is 8.00. The smallest absolute Gasteiger partial charge is 0.410 e. The first-order valence-corrected chi connectivity index (χ1v) is 14.2. The molecule has 0 aliphatic carbocycles. The number of aromatic nitrogens is 4. The van der Waals surface area contributed by atoms with Gasteiger partial charge in [0.2, 0.25) is 0 Å². The predicted molar refractivity (Wildman–Crippen MR) is 156 cm³/mol. The lowest BCUT2D eigenvalue weighted by Crippen LogP contribution is -2.39. The highest BCUT2D eigenvalue weighted by Gasteiger charge is 2.36. The van der Waals surface area contributed by atoms with Gasteiger partial charge in [0.15, 0.2) is 0 Å². The summed E-state index contributed by atoms with van der Waals surface area (Å²) in [5.74, 6) is -0.107. The van der Waals surface area contributed by atoms with Crippen LogP contribution in [0.2, 0.25) is 0 Å². The first-order chi connectivity index (χ1) is 19.6. The molecule has 4 aromatic rings. The number of carbonyl (C=O) groups excluding carboxylic acids is 2. The fraction of sp³-hybridized carbons (Fsp3) is 0.406. The van der Waals surface area contributed by atoms with E-state index >= 15 is 0 Å². The minimum atomic E-state index is -0.583. The van der Waals surface area contributed by atoms with Gasteiger partial charge in [0.05, 0.1) is 6.04 Å². The van der Waals surface area contributed by atoms with E-state index in [9.17, 15) is 9.59 Å². The number of H-pyrrole nitrogens is 1. The fourth-order valence-electron chi connectivity index (χ4n) is 5.99. The van der Waals surface area contributed by atoms with Gasteiger partial charge in [-0.3, -0.25) is 4.79 Å². The number of carbonyl (C=O) groups is 2. The van der Waals surface area contributed by atoms with Gasteiger partial charge in [-0.25, -0.2) is 19.7 Å². The Morgan fingerprint density at radius 3 is 2.63 bits per heavy atom. The van der Waals surface area contributed by atoms with Crippen LogP contribution in [0.4, 0.5) is 4.79 Å². The molecule has 0 bridgehead atoms. The van der Waals surface area contributed by atoms with Crippen LogP contribution in [0.3, 0.4) is 0 Å². The van der Waals surface area contributed by atoms with Crippen LogP contribution in [0.15, 0.2) is 43.0 Å². The van der Waals surface area contributed by atoms with Crippen molar-refractivity contribution in [2.24, 2.45) is 0 Å². The van der Waals surface area contributed by atoms with Gasteiger partial charge in [0, 0.05) is 48.7 Å². The maximum absolute atomic E-state index is 13.5. The van der Waals surface area contributed by atoms with Crippen molar-refractivity contribution >= 4 is 23.0 Å². The number of ether oxygens (including phenoxy) is 1. The molecule has 0 saturated carbocycles. The second-order valence-electron chi connectivity index (χ2n) is 12.1. The minimum Gasteiger partial charge on any atom is -0.444 e. The summed E-state index contributed by atoms with van der Waals surface area (Å²) in [5, 5.41) is 1.09. The largest absolute Gasteiger partial charge is 0.444 e. The van der Waals surface area contributed by atoms with E-state index in [-0.39, 0.29) is 18.0 Å². The number of amides is 2. The van der Waals surface area contributed by atoms with Crippen molar-refractivity contribution in [3.05, 3.63) is 76.6 Å². The van der Waals surface area contributed by atoms with Crippen molar-refractivity contribution in [3.8, 4) is 11.1 Å². The van der Waals surface area contributed by atoms with Gasteiger partial charge in [0.1, 0.15) is 23.3 Å². The number of likely N-dealkylation sites (tertiary alicyclic amines) is 1. The molecule has 1 atom stereocenters. The van der Waals surface area contributed by atoms with Crippen LogP contribution < -0.4 is 0 Å². The Kier molecular flexibility index (Phi) is 6.76. The number of hydrogen-bond acceptors (Lipinski definition) is 6. The first-order valence-electron chi connectivity index (χ1n) is 14.2. The average molecular weight is 553 g/mol. The van der Waals surface area contributed by atoms with Gasteiger partial charge in [0.25, 0.3) is 5.91 Å². The Labute approximate surface area is 240 Å². The van der Waals surface area contributed by atoms with E-state index in [0.29, 0.717) is 31.7 Å². The van der Waals surface area contributed by atoms with Gasteiger partial charge in [-0.2, -0.15) is 0 Å². The molecule has 0 unspecified atom stereocenters. The van der Waals surface area contributed by atoms with Crippen molar-refractivity contribution in [1.82, 2.24) is 29.7 Å². The Balaban J connectivity index is 1.42. The van der Waals surface area contributed by atoms with E-state index in [4.69, 9.17) is 4.74 Å². The van der Waals surface area contributed by atoms with E-state index in [2.05, 4.69) is 45.1 Å². The van der Waals surface area contributed by atoms with Gasteiger partial charge in [-0.15, -0.1) is 0 Å². The number of hydrogen-bond donors (Lipinski definition) is 1. The molecule has 2 aliphatic heterocycles. The van der Waals surface area contributed by atoms with Crippen LogP contribution in [-0.2, 0) is 17.7 Å². The number of aryl methyl sites for hydroxylation is 2. The Hall–Kier alpha value is -4.27. The lowest BCUT2D eigenvalue weighted by atomic mass is 9.86. The van der Waals surface area contributed by atoms with E-state index in [1.165, 1.54) is 11.9 Å². The molecule has 1 fully saturated rings. The van der Waals surface area contributed by atoms with E-state index in [0.717, 1.165) is 57.4 Å². The molecule has 212 valence electrons. The molecule has 9 nitrogen and oxygen atoms in total. The number of benzene rings is 1. The zero-order valence-corrected chi connectivity index (χ0v) is 24.3.